The van der Waals surface area contributed by atoms with Gasteiger partial charge >= 0.3 is 0 Å². The highest BCUT2D eigenvalue weighted by atomic mass is 32.2. The number of fused-ring (bicyclic) bond motifs is 1. The molecule has 4 nitrogen and oxygen atoms in total. The van der Waals surface area contributed by atoms with Crippen molar-refractivity contribution in [1.82, 2.24) is 4.98 Å². The molecule has 25 heavy (non-hydrogen) atoms. The molecular weight excluding hydrogens is 332 g/mol. The van der Waals surface area contributed by atoms with E-state index < -0.39 is 0 Å². The van der Waals surface area contributed by atoms with Crippen LogP contribution in [0.1, 0.15) is 25.7 Å². The predicted octanol–water partition coefficient (Wildman–Crippen LogP) is 5.11. The molecule has 3 aromatic rings. The van der Waals surface area contributed by atoms with E-state index in [-0.39, 0.29) is 5.91 Å². The van der Waals surface area contributed by atoms with E-state index >= 15 is 0 Å². The monoisotopic (exact) mass is 352 g/mol. The normalized spacial score (nSPS) is 14.9. The first-order chi connectivity index (χ1) is 12.3. The Hall–Kier alpha value is -2.27. The number of nitrogens with one attached hydrogen (secondary N) is 1. The van der Waals surface area contributed by atoms with Gasteiger partial charge in [0.2, 0.25) is 11.8 Å². The largest absolute Gasteiger partial charge is 0.436 e. The van der Waals surface area contributed by atoms with Gasteiger partial charge in [0.05, 0.1) is 5.75 Å². The zero-order valence-corrected chi connectivity index (χ0v) is 14.7. The Balaban J connectivity index is 1.44. The maximum absolute atomic E-state index is 12.2. The summed E-state index contributed by atoms with van der Waals surface area (Å²) in [5.74, 6) is 1.13. The average molecular weight is 352 g/mol. The molecule has 0 unspecified atom stereocenters. The van der Waals surface area contributed by atoms with Crippen LogP contribution in [0.5, 0.6) is 0 Å². The molecule has 1 aliphatic rings. The van der Waals surface area contributed by atoms with E-state index in [0.29, 0.717) is 16.9 Å². The third-order valence-electron chi connectivity index (χ3n) is 4.44. The van der Waals surface area contributed by atoms with Gasteiger partial charge in [0, 0.05) is 16.5 Å². The number of hydrogen-bond donors (Lipinski definition) is 1. The van der Waals surface area contributed by atoms with Crippen LogP contribution in [-0.2, 0) is 4.79 Å². The summed E-state index contributed by atoms with van der Waals surface area (Å²) < 4.78 is 5.80. The Morgan fingerprint density at radius 1 is 1.16 bits per heavy atom. The second-order valence-corrected chi connectivity index (χ2v) is 7.62. The van der Waals surface area contributed by atoms with Crippen LogP contribution in [0.25, 0.3) is 22.6 Å². The summed E-state index contributed by atoms with van der Waals surface area (Å²) in [4.78, 5) is 16.7. The molecule has 2 aromatic carbocycles. The minimum Gasteiger partial charge on any atom is -0.436 e. The number of hydrogen-bond acceptors (Lipinski definition) is 4. The van der Waals surface area contributed by atoms with Gasteiger partial charge in [-0.05, 0) is 43.2 Å². The van der Waals surface area contributed by atoms with E-state index in [0.717, 1.165) is 22.4 Å². The molecule has 1 fully saturated rings. The summed E-state index contributed by atoms with van der Waals surface area (Å²) in [5, 5.41) is 3.63. The van der Waals surface area contributed by atoms with Gasteiger partial charge in [-0.25, -0.2) is 4.98 Å². The molecule has 1 amide bonds. The van der Waals surface area contributed by atoms with Crippen molar-refractivity contribution in [2.45, 2.75) is 30.9 Å². The molecule has 0 radical (unpaired) electrons. The third-order valence-corrected chi connectivity index (χ3v) is 5.81. The molecule has 0 aliphatic heterocycles. The molecule has 4 rings (SSSR count). The van der Waals surface area contributed by atoms with Crippen LogP contribution >= 0.6 is 11.8 Å². The van der Waals surface area contributed by atoms with Crippen molar-refractivity contribution in [3.63, 3.8) is 0 Å². The van der Waals surface area contributed by atoms with Crippen LogP contribution in [-0.4, -0.2) is 21.9 Å². The second-order valence-electron chi connectivity index (χ2n) is 6.33. The number of benzene rings is 2. The van der Waals surface area contributed by atoms with Crippen molar-refractivity contribution in [1.29, 1.82) is 0 Å². The van der Waals surface area contributed by atoms with Crippen LogP contribution in [0.2, 0.25) is 0 Å². The van der Waals surface area contributed by atoms with E-state index in [2.05, 4.69) is 10.3 Å². The zero-order valence-electron chi connectivity index (χ0n) is 13.9. The number of aromatic nitrogens is 1. The maximum atomic E-state index is 12.2. The summed E-state index contributed by atoms with van der Waals surface area (Å²) in [6.45, 7) is 0. The molecule has 1 aliphatic carbocycles. The quantitative estimate of drug-likeness (QED) is 0.693. The van der Waals surface area contributed by atoms with Gasteiger partial charge < -0.3 is 9.73 Å². The van der Waals surface area contributed by atoms with E-state index in [1.165, 1.54) is 25.7 Å². The molecule has 0 saturated heterocycles. The van der Waals surface area contributed by atoms with Gasteiger partial charge in [-0.2, -0.15) is 0 Å². The number of anilines is 1. The highest BCUT2D eigenvalue weighted by Crippen LogP contribution is 2.30. The first-order valence-corrected chi connectivity index (χ1v) is 9.70. The maximum Gasteiger partial charge on any atom is 0.234 e. The molecular formula is C20H20N2O2S. The molecule has 0 atom stereocenters. The van der Waals surface area contributed by atoms with Crippen LogP contribution in [0.3, 0.4) is 0 Å². The molecule has 1 heterocycles. The van der Waals surface area contributed by atoms with Gasteiger partial charge in [0.1, 0.15) is 5.52 Å². The van der Waals surface area contributed by atoms with Crippen molar-refractivity contribution in [2.24, 2.45) is 0 Å². The highest BCUT2D eigenvalue weighted by Gasteiger charge is 2.17. The van der Waals surface area contributed by atoms with Crippen molar-refractivity contribution in [2.75, 3.05) is 11.1 Å². The lowest BCUT2D eigenvalue weighted by Crippen LogP contribution is -2.15. The summed E-state index contributed by atoms with van der Waals surface area (Å²) in [7, 11) is 0. The number of amides is 1. The summed E-state index contributed by atoms with van der Waals surface area (Å²) in [6.07, 6.45) is 5.08. The van der Waals surface area contributed by atoms with Gasteiger partial charge in [-0.1, -0.05) is 31.0 Å². The van der Waals surface area contributed by atoms with Crippen LogP contribution in [0, 0.1) is 0 Å². The highest BCUT2D eigenvalue weighted by molar-refractivity contribution is 8.00. The summed E-state index contributed by atoms with van der Waals surface area (Å²) in [6, 6.07) is 15.3. The predicted molar refractivity (Wildman–Crippen MR) is 103 cm³/mol. The molecule has 0 bridgehead atoms. The minimum atomic E-state index is 0.0478. The number of carbonyl (C=O) groups is 1. The zero-order chi connectivity index (χ0) is 17.1. The lowest BCUT2D eigenvalue weighted by molar-refractivity contribution is -0.113. The standard InChI is InChI=1S/C20H20N2O2S/c23-19(13-25-16-8-1-2-9-16)21-15-7-5-6-14(12-15)20-22-17-10-3-4-11-18(17)24-20/h3-7,10-12,16H,1-2,8-9,13H2,(H,21,23). The SMILES string of the molecule is O=C(CSC1CCCC1)Nc1cccc(-c2nc3ccccc3o2)c1. The fraction of sp³-hybridized carbons (Fsp3) is 0.300. The van der Waals surface area contributed by atoms with Crippen LogP contribution in [0.4, 0.5) is 5.69 Å². The lowest BCUT2D eigenvalue weighted by atomic mass is 10.2. The van der Waals surface area contributed by atoms with Crippen LogP contribution in [0.15, 0.2) is 52.9 Å². The number of carbonyl (C=O) groups excluding carboxylic acids is 1. The molecule has 1 N–H and O–H groups in total. The van der Waals surface area contributed by atoms with Crippen molar-refractivity contribution >= 4 is 34.5 Å². The Labute approximate surface area is 151 Å². The van der Waals surface area contributed by atoms with E-state index in [1.807, 2.05) is 48.5 Å². The number of nitrogens with zero attached hydrogens (tertiary/aromatic N) is 1. The van der Waals surface area contributed by atoms with Crippen molar-refractivity contribution in [3.8, 4) is 11.5 Å². The minimum absolute atomic E-state index is 0.0478. The Bertz CT molecular complexity index is 851. The van der Waals surface area contributed by atoms with Crippen LogP contribution < -0.4 is 5.32 Å². The topological polar surface area (TPSA) is 55.1 Å². The van der Waals surface area contributed by atoms with Crippen molar-refractivity contribution < 1.29 is 9.21 Å². The number of para-hydroxylation sites is 2. The van der Waals surface area contributed by atoms with Gasteiger partial charge in [-0.15, -0.1) is 11.8 Å². The third kappa shape index (κ3) is 3.87. The summed E-state index contributed by atoms with van der Waals surface area (Å²) in [5.41, 5.74) is 3.23. The fourth-order valence-corrected chi connectivity index (χ4v) is 4.30. The number of oxazole rings is 1. The first-order valence-electron chi connectivity index (χ1n) is 8.65. The van der Waals surface area contributed by atoms with Gasteiger partial charge in [-0.3, -0.25) is 4.79 Å². The number of rotatable bonds is 5. The molecule has 5 heteroatoms. The van der Waals surface area contributed by atoms with E-state index in [9.17, 15) is 4.79 Å². The van der Waals surface area contributed by atoms with Crippen molar-refractivity contribution in [3.05, 3.63) is 48.5 Å². The van der Waals surface area contributed by atoms with Gasteiger partial charge in [0.25, 0.3) is 0 Å². The molecule has 0 spiro atoms. The Morgan fingerprint density at radius 3 is 2.84 bits per heavy atom. The Kier molecular flexibility index (Phi) is 4.74. The van der Waals surface area contributed by atoms with E-state index in [4.69, 9.17) is 4.42 Å². The first kappa shape index (κ1) is 16.2. The molecule has 1 saturated carbocycles. The smallest absolute Gasteiger partial charge is 0.234 e. The summed E-state index contributed by atoms with van der Waals surface area (Å²) >= 11 is 1.77. The molecule has 128 valence electrons. The van der Waals surface area contributed by atoms with E-state index in [1.54, 1.807) is 11.8 Å². The fourth-order valence-electron chi connectivity index (χ4n) is 3.17. The Morgan fingerprint density at radius 2 is 2.00 bits per heavy atom. The molecule has 1 aromatic heterocycles. The second kappa shape index (κ2) is 7.31. The van der Waals surface area contributed by atoms with Gasteiger partial charge in [0.15, 0.2) is 5.58 Å². The number of thioether (sulfide) groups is 1. The average Bonchev–Trinajstić information content (AvgIpc) is 3.29. The lowest BCUT2D eigenvalue weighted by Gasteiger charge is -2.09.